The zero-order valence-corrected chi connectivity index (χ0v) is 15.1. The highest BCUT2D eigenvalue weighted by Crippen LogP contribution is 2.42. The molecule has 3 aromatic carbocycles. The van der Waals surface area contributed by atoms with Gasteiger partial charge in [-0.15, -0.1) is 0 Å². The molecule has 1 heterocycles. The van der Waals surface area contributed by atoms with E-state index >= 15 is 0 Å². The predicted octanol–water partition coefficient (Wildman–Crippen LogP) is 6.33. The summed E-state index contributed by atoms with van der Waals surface area (Å²) in [5.41, 5.74) is 4.30. The van der Waals surface area contributed by atoms with E-state index in [0.717, 1.165) is 26.9 Å². The maximum atomic E-state index is 6.39. The van der Waals surface area contributed by atoms with Crippen LogP contribution in [0.3, 0.4) is 0 Å². The van der Waals surface area contributed by atoms with Gasteiger partial charge in [-0.2, -0.15) is 0 Å². The number of halogens is 2. The average molecular weight is 401 g/mol. The second-order valence-electron chi connectivity index (χ2n) is 5.73. The van der Waals surface area contributed by atoms with Crippen LogP contribution in [0.1, 0.15) is 29.0 Å². The third-order valence-electron chi connectivity index (χ3n) is 4.13. The molecule has 1 aliphatic heterocycles. The van der Waals surface area contributed by atoms with Gasteiger partial charge < -0.3 is 10.1 Å². The Morgan fingerprint density at radius 1 is 0.875 bits per heavy atom. The normalized spacial score (nSPS) is 19.4. The molecular weight excluding hydrogens is 386 g/mol. The minimum atomic E-state index is -0.211. The summed E-state index contributed by atoms with van der Waals surface area (Å²) in [6.45, 7) is 0. The number of nitrogens with one attached hydrogen (secondary N) is 1. The van der Waals surface area contributed by atoms with Gasteiger partial charge in [0.15, 0.2) is 6.23 Å². The van der Waals surface area contributed by atoms with E-state index in [1.807, 2.05) is 48.5 Å². The number of anilines is 1. The Morgan fingerprint density at radius 3 is 2.38 bits per heavy atom. The van der Waals surface area contributed by atoms with Gasteiger partial charge in [0.25, 0.3) is 0 Å². The van der Waals surface area contributed by atoms with E-state index in [0.29, 0.717) is 5.02 Å². The fraction of sp³-hybridized carbons (Fsp3) is 0.100. The summed E-state index contributed by atoms with van der Waals surface area (Å²) in [7, 11) is 0. The lowest BCUT2D eigenvalue weighted by molar-refractivity contribution is 0.0157. The standard InChI is InChI=1S/C20H15BrClNO/c21-15-8-6-14(7-9-15)20-23-18-11-10-16(22)12-17(18)19(24-20)13-4-2-1-3-5-13/h1-12,19-20,23H. The van der Waals surface area contributed by atoms with E-state index in [1.54, 1.807) is 0 Å². The van der Waals surface area contributed by atoms with E-state index < -0.39 is 0 Å². The summed E-state index contributed by atoms with van der Waals surface area (Å²) in [6.07, 6.45) is -0.369. The van der Waals surface area contributed by atoms with Crippen molar-refractivity contribution in [2.24, 2.45) is 0 Å². The molecule has 1 N–H and O–H groups in total. The molecule has 24 heavy (non-hydrogen) atoms. The molecule has 0 radical (unpaired) electrons. The molecule has 0 amide bonds. The Bertz CT molecular complexity index is 851. The zero-order valence-electron chi connectivity index (χ0n) is 12.7. The van der Waals surface area contributed by atoms with Gasteiger partial charge in [0.05, 0.1) is 0 Å². The van der Waals surface area contributed by atoms with E-state index in [9.17, 15) is 0 Å². The molecule has 3 aromatic rings. The Kier molecular flexibility index (Phi) is 4.31. The lowest BCUT2D eigenvalue weighted by atomic mass is 9.97. The van der Waals surface area contributed by atoms with Gasteiger partial charge in [-0.25, -0.2) is 0 Å². The van der Waals surface area contributed by atoms with Gasteiger partial charge in [0.1, 0.15) is 6.10 Å². The molecular formula is C20H15BrClNO. The number of rotatable bonds is 2. The molecule has 120 valence electrons. The summed E-state index contributed by atoms with van der Waals surface area (Å²) >= 11 is 9.69. The van der Waals surface area contributed by atoms with Gasteiger partial charge in [-0.1, -0.05) is 70.0 Å². The summed E-state index contributed by atoms with van der Waals surface area (Å²) < 4.78 is 7.44. The van der Waals surface area contributed by atoms with Crippen LogP contribution in [0.15, 0.2) is 77.3 Å². The summed E-state index contributed by atoms with van der Waals surface area (Å²) in [6, 6.07) is 24.3. The zero-order chi connectivity index (χ0) is 16.5. The third kappa shape index (κ3) is 3.07. The highest BCUT2D eigenvalue weighted by molar-refractivity contribution is 9.10. The number of ether oxygens (including phenoxy) is 1. The van der Waals surface area contributed by atoms with Crippen molar-refractivity contribution < 1.29 is 4.74 Å². The Morgan fingerprint density at radius 2 is 1.62 bits per heavy atom. The van der Waals surface area contributed by atoms with Gasteiger partial charge >= 0.3 is 0 Å². The molecule has 0 aliphatic carbocycles. The predicted molar refractivity (Wildman–Crippen MR) is 101 cm³/mol. The molecule has 1 aliphatic rings. The monoisotopic (exact) mass is 399 g/mol. The van der Waals surface area contributed by atoms with Crippen molar-refractivity contribution in [3.63, 3.8) is 0 Å². The van der Waals surface area contributed by atoms with Gasteiger partial charge in [-0.05, 0) is 35.9 Å². The number of hydrogen-bond donors (Lipinski definition) is 1. The second kappa shape index (κ2) is 6.60. The van der Waals surface area contributed by atoms with Crippen LogP contribution in [0.2, 0.25) is 5.02 Å². The fourth-order valence-corrected chi connectivity index (χ4v) is 3.40. The first-order chi connectivity index (χ1) is 11.7. The van der Waals surface area contributed by atoms with Crippen LogP contribution in [0.5, 0.6) is 0 Å². The first-order valence-corrected chi connectivity index (χ1v) is 8.90. The van der Waals surface area contributed by atoms with E-state index in [4.69, 9.17) is 16.3 Å². The first-order valence-electron chi connectivity index (χ1n) is 7.72. The highest BCUT2D eigenvalue weighted by atomic mass is 79.9. The van der Waals surface area contributed by atoms with Gasteiger partial charge in [-0.3, -0.25) is 0 Å². The van der Waals surface area contributed by atoms with Crippen molar-refractivity contribution in [3.8, 4) is 0 Å². The molecule has 4 heteroatoms. The summed E-state index contributed by atoms with van der Waals surface area (Å²) in [5.74, 6) is 0. The first kappa shape index (κ1) is 15.7. The molecule has 4 rings (SSSR count). The molecule has 0 fully saturated rings. The van der Waals surface area contributed by atoms with Crippen molar-refractivity contribution in [2.75, 3.05) is 5.32 Å². The van der Waals surface area contributed by atoms with Gasteiger partial charge in [0, 0.05) is 26.3 Å². The van der Waals surface area contributed by atoms with Crippen LogP contribution in [-0.2, 0) is 4.74 Å². The molecule has 0 bridgehead atoms. The minimum Gasteiger partial charge on any atom is -0.356 e. The highest BCUT2D eigenvalue weighted by Gasteiger charge is 2.29. The van der Waals surface area contributed by atoms with Crippen molar-refractivity contribution in [2.45, 2.75) is 12.3 Å². The van der Waals surface area contributed by atoms with Crippen LogP contribution in [0, 0.1) is 0 Å². The topological polar surface area (TPSA) is 21.3 Å². The van der Waals surface area contributed by atoms with E-state index in [-0.39, 0.29) is 12.3 Å². The average Bonchev–Trinajstić information content (AvgIpc) is 2.62. The van der Waals surface area contributed by atoms with Crippen molar-refractivity contribution in [1.82, 2.24) is 0 Å². The Balaban J connectivity index is 1.77. The number of hydrogen-bond acceptors (Lipinski definition) is 2. The maximum Gasteiger partial charge on any atom is 0.155 e. The largest absolute Gasteiger partial charge is 0.356 e. The van der Waals surface area contributed by atoms with Crippen molar-refractivity contribution in [1.29, 1.82) is 0 Å². The lowest BCUT2D eigenvalue weighted by Crippen LogP contribution is -2.25. The van der Waals surface area contributed by atoms with Crippen LogP contribution >= 0.6 is 27.5 Å². The maximum absolute atomic E-state index is 6.39. The molecule has 0 spiro atoms. The Hall–Kier alpha value is -1.81. The molecule has 2 atom stereocenters. The van der Waals surface area contributed by atoms with Crippen LogP contribution in [-0.4, -0.2) is 0 Å². The van der Waals surface area contributed by atoms with Crippen LogP contribution in [0.25, 0.3) is 0 Å². The number of fused-ring (bicyclic) bond motifs is 1. The molecule has 0 saturated carbocycles. The van der Waals surface area contributed by atoms with E-state index in [1.165, 1.54) is 0 Å². The smallest absolute Gasteiger partial charge is 0.155 e. The van der Waals surface area contributed by atoms with Gasteiger partial charge in [0.2, 0.25) is 0 Å². The second-order valence-corrected chi connectivity index (χ2v) is 7.09. The van der Waals surface area contributed by atoms with Crippen LogP contribution < -0.4 is 5.32 Å². The SMILES string of the molecule is Clc1ccc2c(c1)C(c1ccccc1)OC(c1ccc(Br)cc1)N2. The fourth-order valence-electron chi connectivity index (χ4n) is 2.95. The van der Waals surface area contributed by atoms with Crippen LogP contribution in [0.4, 0.5) is 5.69 Å². The van der Waals surface area contributed by atoms with E-state index in [2.05, 4.69) is 45.5 Å². The summed E-state index contributed by atoms with van der Waals surface area (Å²) in [5, 5.41) is 4.17. The molecule has 2 unspecified atom stereocenters. The number of benzene rings is 3. The minimum absolute atomic E-state index is 0.158. The molecule has 0 saturated heterocycles. The molecule has 0 aromatic heterocycles. The quantitative estimate of drug-likeness (QED) is 0.542. The lowest BCUT2D eigenvalue weighted by Gasteiger charge is -2.34. The van der Waals surface area contributed by atoms with Crippen molar-refractivity contribution in [3.05, 3.63) is 99.0 Å². The summed E-state index contributed by atoms with van der Waals surface area (Å²) in [4.78, 5) is 0. The third-order valence-corrected chi connectivity index (χ3v) is 4.89. The van der Waals surface area contributed by atoms with Crippen molar-refractivity contribution >= 4 is 33.2 Å². The Labute approximate surface area is 154 Å². The molecule has 2 nitrogen and oxygen atoms in total.